The molecule has 1 aromatic heterocycles. The largest absolute Gasteiger partial charge is 0.383 e. The monoisotopic (exact) mass is 215 g/mol. The fourth-order valence-electron chi connectivity index (χ4n) is 1.10. The number of aromatic amines is 1. The molecule has 1 heterocycles. The molecule has 0 unspecified atom stereocenters. The molecule has 0 fully saturated rings. The summed E-state index contributed by atoms with van der Waals surface area (Å²) in [6.45, 7) is 2.43. The molecule has 4 nitrogen and oxygen atoms in total. The third-order valence-corrected chi connectivity index (χ3v) is 2.32. The van der Waals surface area contributed by atoms with Gasteiger partial charge in [0.05, 0.1) is 12.4 Å². The van der Waals surface area contributed by atoms with Gasteiger partial charge in [-0.1, -0.05) is 0 Å². The Balaban J connectivity index is 2.22. The van der Waals surface area contributed by atoms with E-state index >= 15 is 0 Å². The highest BCUT2D eigenvalue weighted by atomic mass is 32.2. The molecule has 2 N–H and O–H groups in total. The van der Waals surface area contributed by atoms with Gasteiger partial charge in [-0.05, 0) is 6.26 Å². The summed E-state index contributed by atoms with van der Waals surface area (Å²) in [5.74, 6) is 1.99. The highest BCUT2D eigenvalue weighted by Crippen LogP contribution is 2.04. The van der Waals surface area contributed by atoms with Gasteiger partial charge in [0.1, 0.15) is 5.82 Å². The average Bonchev–Trinajstić information content (AvgIpc) is 2.61. The number of aromatic nitrogens is 2. The minimum absolute atomic E-state index is 0.742. The van der Waals surface area contributed by atoms with Gasteiger partial charge >= 0.3 is 0 Å². The summed E-state index contributed by atoms with van der Waals surface area (Å²) in [7, 11) is 1.70. The van der Waals surface area contributed by atoms with Crippen molar-refractivity contribution in [1.82, 2.24) is 15.3 Å². The highest BCUT2D eigenvalue weighted by Gasteiger charge is 1.98. The second-order valence-electron chi connectivity index (χ2n) is 2.96. The molecule has 0 aliphatic carbocycles. The summed E-state index contributed by atoms with van der Waals surface area (Å²) in [6, 6.07) is 0. The van der Waals surface area contributed by atoms with Crippen molar-refractivity contribution in [3.63, 3.8) is 0 Å². The lowest BCUT2D eigenvalue weighted by Gasteiger charge is -2.00. The normalized spacial score (nSPS) is 10.7. The number of nitrogens with zero attached hydrogens (tertiary/aromatic N) is 1. The summed E-state index contributed by atoms with van der Waals surface area (Å²) in [4.78, 5) is 7.51. The molecule has 80 valence electrons. The van der Waals surface area contributed by atoms with E-state index in [-0.39, 0.29) is 0 Å². The molecule has 1 aromatic rings. The number of methoxy groups -OCH3 is 1. The lowest BCUT2D eigenvalue weighted by atomic mass is 10.4. The Labute approximate surface area is 88.8 Å². The zero-order valence-corrected chi connectivity index (χ0v) is 9.49. The molecule has 0 aliphatic heterocycles. The third-order valence-electron chi connectivity index (χ3n) is 1.76. The maximum absolute atomic E-state index is 4.93. The van der Waals surface area contributed by atoms with Crippen LogP contribution in [0.2, 0.25) is 0 Å². The topological polar surface area (TPSA) is 49.9 Å². The standard InChI is InChI=1S/C9H17N3OS/c1-13-4-3-10-5-8-6-11-9(12-8)7-14-2/h6,10H,3-5,7H2,1-2H3,(H,11,12). The Morgan fingerprint density at radius 2 is 2.50 bits per heavy atom. The molecular weight excluding hydrogens is 198 g/mol. The highest BCUT2D eigenvalue weighted by molar-refractivity contribution is 7.97. The third kappa shape index (κ3) is 4.13. The maximum atomic E-state index is 4.93. The van der Waals surface area contributed by atoms with Crippen LogP contribution in [0.3, 0.4) is 0 Å². The molecule has 0 radical (unpaired) electrons. The van der Waals surface area contributed by atoms with Crippen LogP contribution in [0.15, 0.2) is 6.20 Å². The van der Waals surface area contributed by atoms with E-state index in [1.54, 1.807) is 18.9 Å². The first-order valence-electron chi connectivity index (χ1n) is 4.58. The number of thioether (sulfide) groups is 1. The molecule has 5 heteroatoms. The maximum Gasteiger partial charge on any atom is 0.116 e. The Morgan fingerprint density at radius 3 is 3.21 bits per heavy atom. The number of nitrogens with one attached hydrogen (secondary N) is 2. The van der Waals surface area contributed by atoms with E-state index in [1.807, 2.05) is 6.20 Å². The van der Waals surface area contributed by atoms with E-state index < -0.39 is 0 Å². The van der Waals surface area contributed by atoms with Gasteiger partial charge in [-0.25, -0.2) is 4.98 Å². The smallest absolute Gasteiger partial charge is 0.116 e. The van der Waals surface area contributed by atoms with Crippen LogP contribution in [-0.4, -0.2) is 36.5 Å². The van der Waals surface area contributed by atoms with Crippen LogP contribution < -0.4 is 5.32 Å². The number of ether oxygens (including phenoxy) is 1. The molecule has 14 heavy (non-hydrogen) atoms. The fraction of sp³-hybridized carbons (Fsp3) is 0.667. The zero-order chi connectivity index (χ0) is 10.2. The molecule has 0 saturated heterocycles. The van der Waals surface area contributed by atoms with Crippen LogP contribution >= 0.6 is 11.8 Å². The van der Waals surface area contributed by atoms with Crippen LogP contribution in [-0.2, 0) is 17.0 Å². The molecular formula is C9H17N3OS. The van der Waals surface area contributed by atoms with Crippen molar-refractivity contribution in [2.75, 3.05) is 26.5 Å². The number of hydrogen-bond donors (Lipinski definition) is 2. The first-order valence-corrected chi connectivity index (χ1v) is 5.97. The minimum atomic E-state index is 0.742. The van der Waals surface area contributed by atoms with Crippen LogP contribution in [0.5, 0.6) is 0 Å². The van der Waals surface area contributed by atoms with Crippen molar-refractivity contribution in [3.05, 3.63) is 17.7 Å². The SMILES string of the molecule is COCCNCc1cnc(CSC)[nH]1. The summed E-state index contributed by atoms with van der Waals surface area (Å²) in [6.07, 6.45) is 3.95. The Hall–Kier alpha value is -0.520. The van der Waals surface area contributed by atoms with E-state index in [1.165, 1.54) is 0 Å². The average molecular weight is 215 g/mol. The first-order chi connectivity index (χ1) is 6.86. The Kier molecular flexibility index (Phi) is 5.66. The van der Waals surface area contributed by atoms with Gasteiger partial charge < -0.3 is 15.0 Å². The van der Waals surface area contributed by atoms with Crippen LogP contribution in [0, 0.1) is 0 Å². The van der Waals surface area contributed by atoms with Gasteiger partial charge in [-0.2, -0.15) is 11.8 Å². The van der Waals surface area contributed by atoms with Crippen LogP contribution in [0.25, 0.3) is 0 Å². The van der Waals surface area contributed by atoms with E-state index in [4.69, 9.17) is 4.74 Å². The summed E-state index contributed by atoms with van der Waals surface area (Å²) >= 11 is 1.77. The number of imidazole rings is 1. The van der Waals surface area contributed by atoms with Gasteiger partial charge in [0.25, 0.3) is 0 Å². The predicted molar refractivity (Wildman–Crippen MR) is 59.4 cm³/mol. The molecule has 0 spiro atoms. The van der Waals surface area contributed by atoms with Gasteiger partial charge in [0.15, 0.2) is 0 Å². The van der Waals surface area contributed by atoms with Gasteiger partial charge in [0, 0.05) is 32.1 Å². The van der Waals surface area contributed by atoms with Crippen molar-refractivity contribution in [2.24, 2.45) is 0 Å². The fourth-order valence-corrected chi connectivity index (χ4v) is 1.52. The Morgan fingerprint density at radius 1 is 1.64 bits per heavy atom. The van der Waals surface area contributed by atoms with E-state index in [2.05, 4.69) is 21.5 Å². The van der Waals surface area contributed by atoms with Crippen LogP contribution in [0.4, 0.5) is 0 Å². The van der Waals surface area contributed by atoms with Crippen molar-refractivity contribution < 1.29 is 4.74 Å². The van der Waals surface area contributed by atoms with Gasteiger partial charge in [-0.15, -0.1) is 0 Å². The zero-order valence-electron chi connectivity index (χ0n) is 8.67. The lowest BCUT2D eigenvalue weighted by molar-refractivity contribution is 0.199. The van der Waals surface area contributed by atoms with Crippen LogP contribution in [0.1, 0.15) is 11.5 Å². The predicted octanol–water partition coefficient (Wildman–Crippen LogP) is 1.01. The first kappa shape index (κ1) is 11.6. The Bertz CT molecular complexity index is 252. The van der Waals surface area contributed by atoms with Crippen molar-refractivity contribution >= 4 is 11.8 Å². The number of rotatable bonds is 7. The summed E-state index contributed by atoms with van der Waals surface area (Å²) in [5.41, 5.74) is 1.13. The molecule has 0 bridgehead atoms. The van der Waals surface area contributed by atoms with Gasteiger partial charge in [0.2, 0.25) is 0 Å². The van der Waals surface area contributed by atoms with Crippen molar-refractivity contribution in [2.45, 2.75) is 12.3 Å². The minimum Gasteiger partial charge on any atom is -0.383 e. The molecule has 0 aromatic carbocycles. The number of H-pyrrole nitrogens is 1. The van der Waals surface area contributed by atoms with E-state index in [9.17, 15) is 0 Å². The summed E-state index contributed by atoms with van der Waals surface area (Å²) in [5, 5.41) is 3.25. The van der Waals surface area contributed by atoms with Gasteiger partial charge in [-0.3, -0.25) is 0 Å². The van der Waals surface area contributed by atoms with E-state index in [0.717, 1.165) is 37.0 Å². The van der Waals surface area contributed by atoms with Crippen molar-refractivity contribution in [1.29, 1.82) is 0 Å². The second-order valence-corrected chi connectivity index (χ2v) is 3.82. The quantitative estimate of drug-likeness (QED) is 0.666. The molecule has 0 aliphatic rings. The second kappa shape index (κ2) is 6.86. The molecule has 0 saturated carbocycles. The van der Waals surface area contributed by atoms with Crippen molar-refractivity contribution in [3.8, 4) is 0 Å². The number of hydrogen-bond acceptors (Lipinski definition) is 4. The molecule has 0 atom stereocenters. The molecule has 1 rings (SSSR count). The lowest BCUT2D eigenvalue weighted by Crippen LogP contribution is -2.18. The molecule has 0 amide bonds. The summed E-state index contributed by atoms with van der Waals surface area (Å²) < 4.78 is 4.93. The van der Waals surface area contributed by atoms with E-state index in [0.29, 0.717) is 0 Å².